The average molecular weight is 402 g/mol. The molecule has 0 spiro atoms. The van der Waals surface area contributed by atoms with Gasteiger partial charge in [-0.05, 0) is 49.6 Å². The number of sulfonamides is 1. The summed E-state index contributed by atoms with van der Waals surface area (Å²) < 4.78 is 32.4. The van der Waals surface area contributed by atoms with Crippen molar-refractivity contribution in [2.45, 2.75) is 31.6 Å². The van der Waals surface area contributed by atoms with Crippen molar-refractivity contribution >= 4 is 33.3 Å². The van der Waals surface area contributed by atoms with E-state index >= 15 is 0 Å². The van der Waals surface area contributed by atoms with E-state index in [9.17, 15) is 18.0 Å². The molecule has 0 fully saturated rings. The van der Waals surface area contributed by atoms with Crippen LogP contribution in [0.5, 0.6) is 0 Å². The average Bonchev–Trinajstić information content (AvgIpc) is 2.66. The maximum absolute atomic E-state index is 13.2. The molecule has 0 unspecified atom stereocenters. The molecule has 1 heterocycles. The van der Waals surface area contributed by atoms with E-state index in [0.29, 0.717) is 17.9 Å². The second kappa shape index (κ2) is 8.02. The van der Waals surface area contributed by atoms with Crippen molar-refractivity contribution in [3.05, 3.63) is 53.6 Å². The molecule has 2 aromatic rings. The Morgan fingerprint density at radius 3 is 2.54 bits per heavy atom. The standard InChI is InChI=1S/C20H22N2O5S/c1-14-5-9-18(10-6-14)28(25,26)22-11-3-4-16-7-8-17(12-19(16)22)21-20(24)13-27-15(2)23/h5-10,12H,3-4,11,13H2,1-2H3,(H,21,24). The van der Waals surface area contributed by atoms with Gasteiger partial charge in [-0.1, -0.05) is 23.8 Å². The maximum atomic E-state index is 13.2. The number of carbonyl (C=O) groups excluding carboxylic acids is 2. The zero-order valence-electron chi connectivity index (χ0n) is 15.8. The highest BCUT2D eigenvalue weighted by Gasteiger charge is 2.29. The summed E-state index contributed by atoms with van der Waals surface area (Å²) in [6.45, 7) is 3.10. The Kier molecular flexibility index (Phi) is 5.69. The Morgan fingerprint density at radius 1 is 1.14 bits per heavy atom. The zero-order chi connectivity index (χ0) is 20.3. The molecule has 1 aliphatic heterocycles. The van der Waals surface area contributed by atoms with E-state index in [0.717, 1.165) is 24.0 Å². The number of nitrogens with one attached hydrogen (secondary N) is 1. The number of hydrogen-bond acceptors (Lipinski definition) is 5. The minimum atomic E-state index is -3.71. The SMILES string of the molecule is CC(=O)OCC(=O)Nc1ccc2c(c1)N(S(=O)(=O)c1ccc(C)cc1)CCC2. The van der Waals surface area contributed by atoms with Crippen molar-refractivity contribution in [2.75, 3.05) is 22.8 Å². The molecular formula is C20H22N2O5S. The maximum Gasteiger partial charge on any atom is 0.303 e. The summed E-state index contributed by atoms with van der Waals surface area (Å²) in [5, 5.41) is 2.63. The number of anilines is 2. The van der Waals surface area contributed by atoms with E-state index < -0.39 is 28.5 Å². The van der Waals surface area contributed by atoms with Crippen molar-refractivity contribution in [2.24, 2.45) is 0 Å². The van der Waals surface area contributed by atoms with E-state index in [1.165, 1.54) is 11.2 Å². The molecule has 0 aliphatic carbocycles. The summed E-state index contributed by atoms with van der Waals surface area (Å²) in [4.78, 5) is 23.0. The van der Waals surface area contributed by atoms with Gasteiger partial charge in [0.15, 0.2) is 6.61 Å². The molecule has 0 saturated heterocycles. The smallest absolute Gasteiger partial charge is 0.303 e. The van der Waals surface area contributed by atoms with Crippen LogP contribution in [0, 0.1) is 6.92 Å². The highest BCUT2D eigenvalue weighted by molar-refractivity contribution is 7.92. The number of rotatable bonds is 5. The number of benzene rings is 2. The minimum Gasteiger partial charge on any atom is -0.456 e. The lowest BCUT2D eigenvalue weighted by Crippen LogP contribution is -2.35. The second-order valence-electron chi connectivity index (χ2n) is 6.67. The number of esters is 1. The molecule has 3 rings (SSSR count). The van der Waals surface area contributed by atoms with Crippen LogP contribution in [0.3, 0.4) is 0 Å². The van der Waals surface area contributed by atoms with Crippen molar-refractivity contribution < 1.29 is 22.7 Å². The van der Waals surface area contributed by atoms with Crippen LogP contribution >= 0.6 is 0 Å². The minimum absolute atomic E-state index is 0.232. The molecule has 0 atom stereocenters. The fourth-order valence-electron chi connectivity index (χ4n) is 3.07. The van der Waals surface area contributed by atoms with E-state index in [4.69, 9.17) is 0 Å². The van der Waals surface area contributed by atoms with Gasteiger partial charge in [-0.15, -0.1) is 0 Å². The zero-order valence-corrected chi connectivity index (χ0v) is 16.6. The Labute approximate surface area is 164 Å². The summed E-state index contributed by atoms with van der Waals surface area (Å²) in [7, 11) is -3.71. The molecule has 1 aliphatic rings. The lowest BCUT2D eigenvalue weighted by atomic mass is 10.0. The first-order valence-electron chi connectivity index (χ1n) is 8.93. The summed E-state index contributed by atoms with van der Waals surface area (Å²) in [6, 6.07) is 11.9. The Bertz CT molecular complexity index is 1000. The topological polar surface area (TPSA) is 92.8 Å². The van der Waals surface area contributed by atoms with E-state index in [1.54, 1.807) is 36.4 Å². The fraction of sp³-hybridized carbons (Fsp3) is 0.300. The third-order valence-corrected chi connectivity index (χ3v) is 6.29. The van der Waals surface area contributed by atoms with E-state index in [2.05, 4.69) is 10.1 Å². The van der Waals surface area contributed by atoms with Crippen LogP contribution in [-0.4, -0.2) is 33.4 Å². The van der Waals surface area contributed by atoms with E-state index in [1.807, 2.05) is 13.0 Å². The largest absolute Gasteiger partial charge is 0.456 e. The summed E-state index contributed by atoms with van der Waals surface area (Å²) >= 11 is 0. The molecular weight excluding hydrogens is 380 g/mol. The summed E-state index contributed by atoms with van der Waals surface area (Å²) in [5.74, 6) is -1.03. The van der Waals surface area contributed by atoms with Crippen LogP contribution in [0.4, 0.5) is 11.4 Å². The summed E-state index contributed by atoms with van der Waals surface area (Å²) in [6.07, 6.45) is 1.48. The number of nitrogens with zero attached hydrogens (tertiary/aromatic N) is 1. The van der Waals surface area contributed by atoms with Crippen LogP contribution in [0.15, 0.2) is 47.4 Å². The molecule has 0 saturated carbocycles. The van der Waals surface area contributed by atoms with Crippen LogP contribution in [0.25, 0.3) is 0 Å². The first-order valence-corrected chi connectivity index (χ1v) is 10.4. The number of carbonyl (C=O) groups is 2. The monoisotopic (exact) mass is 402 g/mol. The number of fused-ring (bicyclic) bond motifs is 1. The molecule has 0 radical (unpaired) electrons. The molecule has 8 heteroatoms. The fourth-order valence-corrected chi connectivity index (χ4v) is 4.60. The predicted octanol–water partition coefficient (Wildman–Crippen LogP) is 2.64. The quantitative estimate of drug-likeness (QED) is 0.776. The molecule has 148 valence electrons. The first kappa shape index (κ1) is 19.9. The summed E-state index contributed by atoms with van der Waals surface area (Å²) in [5.41, 5.74) is 2.88. The van der Waals surface area contributed by atoms with Gasteiger partial charge in [0.2, 0.25) is 0 Å². The van der Waals surface area contributed by atoms with Gasteiger partial charge < -0.3 is 10.1 Å². The van der Waals surface area contributed by atoms with Gasteiger partial charge in [0, 0.05) is 19.2 Å². The van der Waals surface area contributed by atoms with Gasteiger partial charge in [0.05, 0.1) is 10.6 Å². The van der Waals surface area contributed by atoms with Gasteiger partial charge in [-0.3, -0.25) is 13.9 Å². The van der Waals surface area contributed by atoms with Gasteiger partial charge in [0.1, 0.15) is 0 Å². The van der Waals surface area contributed by atoms with Crippen LogP contribution in [-0.2, 0) is 30.8 Å². The second-order valence-corrected chi connectivity index (χ2v) is 8.53. The Balaban J connectivity index is 1.89. The molecule has 7 nitrogen and oxygen atoms in total. The number of aryl methyl sites for hydroxylation is 2. The van der Waals surface area contributed by atoms with Crippen molar-refractivity contribution in [1.29, 1.82) is 0 Å². The van der Waals surface area contributed by atoms with Crippen LogP contribution in [0.2, 0.25) is 0 Å². The van der Waals surface area contributed by atoms with Gasteiger partial charge in [-0.2, -0.15) is 0 Å². The van der Waals surface area contributed by atoms with Gasteiger partial charge in [-0.25, -0.2) is 8.42 Å². The lowest BCUT2D eigenvalue weighted by Gasteiger charge is -2.31. The van der Waals surface area contributed by atoms with E-state index in [-0.39, 0.29) is 4.90 Å². The number of ether oxygens (including phenoxy) is 1. The molecule has 0 bridgehead atoms. The number of amides is 1. The molecule has 0 aromatic heterocycles. The Morgan fingerprint density at radius 2 is 1.86 bits per heavy atom. The van der Waals surface area contributed by atoms with Gasteiger partial charge >= 0.3 is 5.97 Å². The third-order valence-electron chi connectivity index (χ3n) is 4.46. The number of hydrogen-bond donors (Lipinski definition) is 1. The van der Waals surface area contributed by atoms with Crippen molar-refractivity contribution in [3.63, 3.8) is 0 Å². The highest BCUT2D eigenvalue weighted by Crippen LogP contribution is 2.34. The van der Waals surface area contributed by atoms with Crippen molar-refractivity contribution in [1.82, 2.24) is 0 Å². The first-order chi connectivity index (χ1) is 13.3. The normalized spacial score (nSPS) is 13.6. The van der Waals surface area contributed by atoms with Crippen LogP contribution < -0.4 is 9.62 Å². The predicted molar refractivity (Wildman–Crippen MR) is 106 cm³/mol. The Hall–Kier alpha value is -2.87. The molecule has 28 heavy (non-hydrogen) atoms. The van der Waals surface area contributed by atoms with Crippen LogP contribution in [0.1, 0.15) is 24.5 Å². The molecule has 2 aromatic carbocycles. The van der Waals surface area contributed by atoms with Crippen molar-refractivity contribution in [3.8, 4) is 0 Å². The molecule has 1 N–H and O–H groups in total. The van der Waals surface area contributed by atoms with Gasteiger partial charge in [0.25, 0.3) is 15.9 Å². The third kappa shape index (κ3) is 4.33. The lowest BCUT2D eigenvalue weighted by molar-refractivity contribution is -0.144. The molecule has 1 amide bonds. The highest BCUT2D eigenvalue weighted by atomic mass is 32.2.